The predicted octanol–water partition coefficient (Wildman–Crippen LogP) is 17.3. The normalized spacial score (nSPS) is 15.2. The molecule has 1 heterocycles. The fraction of sp³-hybridized carbons (Fsp3) is 0.0448. The molecule has 1 aliphatic heterocycles. The summed E-state index contributed by atoms with van der Waals surface area (Å²) >= 11 is 0. The van der Waals surface area contributed by atoms with Crippen molar-refractivity contribution in [1.29, 1.82) is 0 Å². The summed E-state index contributed by atoms with van der Waals surface area (Å²) in [7, 11) is 0. The van der Waals surface area contributed by atoms with E-state index in [1.807, 2.05) is 0 Å². The highest BCUT2D eigenvalue weighted by molar-refractivity contribution is 5.98. The van der Waals surface area contributed by atoms with Gasteiger partial charge in [0.15, 0.2) is 0 Å². The first-order valence-electron chi connectivity index (χ1n) is 24.1. The molecule has 1 spiro atoms. The predicted molar refractivity (Wildman–Crippen MR) is 284 cm³/mol. The molecular weight excluding hydrogens is 835 g/mol. The van der Waals surface area contributed by atoms with E-state index in [1.165, 1.54) is 83.5 Å². The lowest BCUT2D eigenvalue weighted by atomic mass is 9.65. The minimum atomic E-state index is -0.563. The van der Waals surface area contributed by atoms with Gasteiger partial charge >= 0.3 is 0 Å². The molecule has 0 amide bonds. The Kier molecular flexibility index (Phi) is 8.97. The number of allylic oxidation sites excluding steroid dienone is 4. The Balaban J connectivity index is 0.952. The third-order valence-electron chi connectivity index (χ3n) is 15.1. The lowest BCUT2D eigenvalue weighted by Gasteiger charge is -2.35. The van der Waals surface area contributed by atoms with Crippen LogP contribution in [0.15, 0.2) is 261 Å². The number of para-hydroxylation sites is 1. The van der Waals surface area contributed by atoms with Crippen LogP contribution in [0.3, 0.4) is 0 Å². The van der Waals surface area contributed by atoms with Gasteiger partial charge in [-0.3, -0.25) is 0 Å². The highest BCUT2D eigenvalue weighted by atomic mass is 16.5. The van der Waals surface area contributed by atoms with Crippen LogP contribution >= 0.6 is 0 Å². The van der Waals surface area contributed by atoms with Crippen molar-refractivity contribution in [2.75, 3.05) is 4.90 Å². The fourth-order valence-corrected chi connectivity index (χ4v) is 12.2. The SMILES string of the molecule is C1=CC(c2ccc3c(c2)C2(c4ccccc4-c4ccccc4-c4ccccc42)c2ccccc2-3)=C2Oc3cccc(N(c4ccc(-c5ccccc5)cc4)c4ccccc4-c4ccccc4)c3C2C1. The van der Waals surface area contributed by atoms with Gasteiger partial charge in [0.2, 0.25) is 0 Å². The molecule has 0 saturated heterocycles. The molecular formula is C67H45NO. The van der Waals surface area contributed by atoms with Gasteiger partial charge in [0.05, 0.1) is 22.7 Å². The molecule has 10 aromatic rings. The summed E-state index contributed by atoms with van der Waals surface area (Å²) in [5, 5.41) is 0. The van der Waals surface area contributed by atoms with Crippen molar-refractivity contribution in [2.45, 2.75) is 17.8 Å². The highest BCUT2D eigenvalue weighted by Gasteiger charge is 2.50. The second-order valence-electron chi connectivity index (χ2n) is 18.6. The standard InChI is InChI=1S/C67H45NO/c1-3-19-44(20-4-1)45-37-40-48(41-38-45)68(62-34-16-12-23-49(62)46-21-5-2-6-22-46)63-35-18-36-64-65(63)57-30-17-29-50(66(57)69-64)47-39-42-56-55-28-11-15-33-60(55)67(61(56)43-47)58-31-13-9-26-53(58)51-24-7-8-25-52(51)54-27-10-14-32-59(54)67/h1-29,31-43,57H,30H2. The van der Waals surface area contributed by atoms with E-state index < -0.39 is 5.41 Å². The van der Waals surface area contributed by atoms with Gasteiger partial charge < -0.3 is 9.64 Å². The van der Waals surface area contributed by atoms with Crippen LogP contribution in [0.5, 0.6) is 5.75 Å². The number of ether oxygens (including phenoxy) is 1. The largest absolute Gasteiger partial charge is 0.460 e. The molecule has 0 N–H and O–H groups in total. The van der Waals surface area contributed by atoms with Crippen LogP contribution in [-0.4, -0.2) is 0 Å². The molecule has 4 aliphatic rings. The molecule has 2 heteroatoms. The third kappa shape index (κ3) is 5.92. The number of anilines is 3. The Bertz CT molecular complexity index is 3660. The molecule has 0 saturated carbocycles. The van der Waals surface area contributed by atoms with Crippen molar-refractivity contribution in [2.24, 2.45) is 0 Å². The van der Waals surface area contributed by atoms with E-state index in [4.69, 9.17) is 4.74 Å². The van der Waals surface area contributed by atoms with Crippen molar-refractivity contribution in [3.63, 3.8) is 0 Å². The van der Waals surface area contributed by atoms with E-state index in [2.05, 4.69) is 260 Å². The molecule has 0 aromatic heterocycles. The molecule has 10 aromatic carbocycles. The molecule has 14 rings (SSSR count). The van der Waals surface area contributed by atoms with Crippen LogP contribution in [0.25, 0.3) is 61.2 Å². The highest BCUT2D eigenvalue weighted by Crippen LogP contribution is 2.62. The van der Waals surface area contributed by atoms with Crippen LogP contribution in [0.4, 0.5) is 17.1 Å². The Morgan fingerprint density at radius 1 is 0.377 bits per heavy atom. The fourth-order valence-electron chi connectivity index (χ4n) is 12.2. The van der Waals surface area contributed by atoms with Gasteiger partial charge in [0, 0.05) is 22.4 Å². The van der Waals surface area contributed by atoms with Crippen molar-refractivity contribution in [3.8, 4) is 61.4 Å². The van der Waals surface area contributed by atoms with Crippen LogP contribution in [0, 0.1) is 0 Å². The first-order valence-corrected chi connectivity index (χ1v) is 24.1. The summed E-state index contributed by atoms with van der Waals surface area (Å²) in [6.07, 6.45) is 5.51. The summed E-state index contributed by atoms with van der Waals surface area (Å²) in [6.45, 7) is 0. The number of nitrogens with zero attached hydrogens (tertiary/aromatic N) is 1. The number of rotatable bonds is 6. The first-order chi connectivity index (χ1) is 34.3. The molecule has 2 nitrogen and oxygen atoms in total. The lowest BCUT2D eigenvalue weighted by molar-refractivity contribution is 0.429. The molecule has 69 heavy (non-hydrogen) atoms. The Morgan fingerprint density at radius 2 is 0.870 bits per heavy atom. The Hall–Kier alpha value is -8.72. The van der Waals surface area contributed by atoms with Gasteiger partial charge in [-0.25, -0.2) is 0 Å². The van der Waals surface area contributed by atoms with Crippen LogP contribution < -0.4 is 9.64 Å². The third-order valence-corrected chi connectivity index (χ3v) is 15.1. The first kappa shape index (κ1) is 39.4. The summed E-state index contributed by atoms with van der Waals surface area (Å²) in [5.41, 5.74) is 23.8. The van der Waals surface area contributed by atoms with Crippen molar-refractivity contribution < 1.29 is 4.74 Å². The molecule has 0 fully saturated rings. The monoisotopic (exact) mass is 879 g/mol. The van der Waals surface area contributed by atoms with E-state index >= 15 is 0 Å². The second-order valence-corrected chi connectivity index (χ2v) is 18.6. The molecule has 0 radical (unpaired) electrons. The van der Waals surface area contributed by atoms with Crippen molar-refractivity contribution >= 4 is 22.6 Å². The maximum absolute atomic E-state index is 7.23. The second kappa shape index (κ2) is 15.7. The topological polar surface area (TPSA) is 12.5 Å². The zero-order chi connectivity index (χ0) is 45.5. The van der Waals surface area contributed by atoms with Gasteiger partial charge in [0.25, 0.3) is 0 Å². The van der Waals surface area contributed by atoms with Gasteiger partial charge in [-0.05, 0) is 121 Å². The number of fused-ring (bicyclic) bond motifs is 15. The number of hydrogen-bond acceptors (Lipinski definition) is 2. The van der Waals surface area contributed by atoms with Gasteiger partial charge in [0.1, 0.15) is 11.5 Å². The maximum Gasteiger partial charge on any atom is 0.133 e. The summed E-state index contributed by atoms with van der Waals surface area (Å²) in [6, 6.07) is 89.3. The molecule has 1 unspecified atom stereocenters. The lowest BCUT2D eigenvalue weighted by Crippen LogP contribution is -2.29. The zero-order valence-electron chi connectivity index (χ0n) is 37.9. The quantitative estimate of drug-likeness (QED) is 0.165. The summed E-state index contributed by atoms with van der Waals surface area (Å²) < 4.78 is 7.23. The smallest absolute Gasteiger partial charge is 0.133 e. The Morgan fingerprint density at radius 3 is 1.52 bits per heavy atom. The maximum atomic E-state index is 7.23. The Labute approximate surface area is 403 Å². The van der Waals surface area contributed by atoms with E-state index in [-0.39, 0.29) is 5.92 Å². The van der Waals surface area contributed by atoms with Gasteiger partial charge in [-0.1, -0.05) is 218 Å². The summed E-state index contributed by atoms with van der Waals surface area (Å²) in [5.74, 6) is 1.93. The van der Waals surface area contributed by atoms with E-state index in [9.17, 15) is 0 Å². The molecule has 0 bridgehead atoms. The summed E-state index contributed by atoms with van der Waals surface area (Å²) in [4.78, 5) is 2.45. The number of benzene rings is 10. The average molecular weight is 880 g/mol. The molecule has 1 atom stereocenters. The minimum absolute atomic E-state index is 0.0134. The van der Waals surface area contributed by atoms with E-state index in [0.29, 0.717) is 0 Å². The average Bonchev–Trinajstić information content (AvgIpc) is 3.93. The van der Waals surface area contributed by atoms with Crippen molar-refractivity contribution in [1.82, 2.24) is 0 Å². The van der Waals surface area contributed by atoms with Crippen LogP contribution in [0.2, 0.25) is 0 Å². The van der Waals surface area contributed by atoms with Crippen LogP contribution in [-0.2, 0) is 5.41 Å². The zero-order valence-corrected chi connectivity index (χ0v) is 37.9. The minimum Gasteiger partial charge on any atom is -0.460 e. The van der Waals surface area contributed by atoms with Crippen LogP contribution in [0.1, 0.15) is 45.7 Å². The van der Waals surface area contributed by atoms with E-state index in [0.717, 1.165) is 46.1 Å². The molecule has 3 aliphatic carbocycles. The van der Waals surface area contributed by atoms with Crippen molar-refractivity contribution in [3.05, 3.63) is 294 Å². The van der Waals surface area contributed by atoms with Gasteiger partial charge in [-0.15, -0.1) is 0 Å². The van der Waals surface area contributed by atoms with Gasteiger partial charge in [-0.2, -0.15) is 0 Å². The number of hydrogen-bond donors (Lipinski definition) is 0. The molecule has 324 valence electrons. The van der Waals surface area contributed by atoms with E-state index in [1.54, 1.807) is 0 Å².